The van der Waals surface area contributed by atoms with Gasteiger partial charge in [-0.15, -0.1) is 11.3 Å². The van der Waals surface area contributed by atoms with E-state index in [4.69, 9.17) is 0 Å². The van der Waals surface area contributed by atoms with Gasteiger partial charge in [-0.1, -0.05) is 0 Å². The van der Waals surface area contributed by atoms with Gasteiger partial charge >= 0.3 is 0 Å². The molecule has 1 N–H and O–H groups in total. The molecule has 1 saturated heterocycles. The zero-order chi connectivity index (χ0) is 17.6. The van der Waals surface area contributed by atoms with Crippen molar-refractivity contribution in [2.24, 2.45) is 0 Å². The Morgan fingerprint density at radius 1 is 1.44 bits per heavy atom. The van der Waals surface area contributed by atoms with Crippen molar-refractivity contribution in [1.29, 1.82) is 0 Å². The summed E-state index contributed by atoms with van der Waals surface area (Å²) in [5.74, 6) is -0.0546. The number of hydrogen-bond acceptors (Lipinski definition) is 5. The number of hydrogen-bond donors (Lipinski definition) is 1. The summed E-state index contributed by atoms with van der Waals surface area (Å²) in [4.78, 5) is 32.2. The lowest BCUT2D eigenvalue weighted by atomic mass is 10.0. The molecule has 1 aliphatic rings. The molecule has 0 aromatic carbocycles. The normalized spacial score (nSPS) is 17.5. The molecule has 1 fully saturated rings. The Bertz CT molecular complexity index is 983. The summed E-state index contributed by atoms with van der Waals surface area (Å²) in [6.45, 7) is 4.66. The predicted molar refractivity (Wildman–Crippen MR) is 95.6 cm³/mol. The second-order valence-electron chi connectivity index (χ2n) is 6.41. The molecule has 3 aromatic rings. The fraction of sp³-hybridized carbons (Fsp3) is 0.412. The highest BCUT2D eigenvalue weighted by Crippen LogP contribution is 2.34. The first-order valence-corrected chi connectivity index (χ1v) is 9.18. The Kier molecular flexibility index (Phi) is 3.91. The monoisotopic (exact) mass is 357 g/mol. The average molecular weight is 357 g/mol. The zero-order valence-electron chi connectivity index (χ0n) is 14.2. The van der Waals surface area contributed by atoms with Crippen molar-refractivity contribution in [3.63, 3.8) is 0 Å². The number of rotatable bonds is 3. The van der Waals surface area contributed by atoms with Crippen molar-refractivity contribution in [3.8, 4) is 0 Å². The molecule has 130 valence electrons. The van der Waals surface area contributed by atoms with Crippen LogP contribution in [0.2, 0.25) is 0 Å². The zero-order valence-corrected chi connectivity index (χ0v) is 15.0. The Balaban J connectivity index is 1.61. The highest BCUT2D eigenvalue weighted by Gasteiger charge is 2.33. The molecule has 25 heavy (non-hydrogen) atoms. The summed E-state index contributed by atoms with van der Waals surface area (Å²) in [6, 6.07) is 1.78. The number of nitrogens with zero attached hydrogens (tertiary/aromatic N) is 4. The van der Waals surface area contributed by atoms with Crippen LogP contribution in [0, 0.1) is 13.8 Å². The molecular formula is C17H19N5O2S. The third kappa shape index (κ3) is 2.66. The van der Waals surface area contributed by atoms with Crippen molar-refractivity contribution in [3.05, 3.63) is 45.1 Å². The van der Waals surface area contributed by atoms with E-state index in [-0.39, 0.29) is 24.1 Å². The third-order valence-electron chi connectivity index (χ3n) is 4.85. The van der Waals surface area contributed by atoms with Gasteiger partial charge in [0.1, 0.15) is 11.4 Å². The first-order chi connectivity index (χ1) is 12.1. The van der Waals surface area contributed by atoms with Crippen LogP contribution < -0.4 is 5.56 Å². The Labute approximate surface area is 148 Å². The quantitative estimate of drug-likeness (QED) is 0.778. The van der Waals surface area contributed by atoms with Crippen molar-refractivity contribution in [2.75, 3.05) is 6.54 Å². The van der Waals surface area contributed by atoms with Crippen LogP contribution in [0.3, 0.4) is 0 Å². The number of fused-ring (bicyclic) bond motifs is 1. The van der Waals surface area contributed by atoms with Gasteiger partial charge in [-0.05, 0) is 38.1 Å². The van der Waals surface area contributed by atoms with Gasteiger partial charge in [0, 0.05) is 17.8 Å². The van der Waals surface area contributed by atoms with Crippen LogP contribution in [0.1, 0.15) is 35.8 Å². The highest BCUT2D eigenvalue weighted by atomic mass is 32.1. The van der Waals surface area contributed by atoms with E-state index in [0.29, 0.717) is 16.8 Å². The molecule has 1 unspecified atom stereocenters. The molecular weight excluding hydrogens is 338 g/mol. The van der Waals surface area contributed by atoms with Crippen LogP contribution in [-0.2, 0) is 11.3 Å². The van der Waals surface area contributed by atoms with Crippen LogP contribution in [0.5, 0.6) is 0 Å². The van der Waals surface area contributed by atoms with Gasteiger partial charge in [-0.25, -0.2) is 4.98 Å². The summed E-state index contributed by atoms with van der Waals surface area (Å²) in [6.07, 6.45) is 3.35. The molecule has 1 atom stereocenters. The smallest absolute Gasteiger partial charge is 0.262 e. The lowest BCUT2D eigenvalue weighted by Gasteiger charge is -2.25. The number of aromatic nitrogens is 4. The number of carbonyl (C=O) groups excluding carboxylic acids is 1. The number of thiophene rings is 1. The Morgan fingerprint density at radius 2 is 2.28 bits per heavy atom. The van der Waals surface area contributed by atoms with E-state index in [2.05, 4.69) is 15.2 Å². The number of amides is 1. The van der Waals surface area contributed by atoms with Crippen LogP contribution in [-0.4, -0.2) is 37.1 Å². The van der Waals surface area contributed by atoms with Gasteiger partial charge in [-0.2, -0.15) is 5.10 Å². The first-order valence-electron chi connectivity index (χ1n) is 8.30. The van der Waals surface area contributed by atoms with Gasteiger partial charge in [-0.3, -0.25) is 19.3 Å². The Hall–Kier alpha value is -2.48. The average Bonchev–Trinajstić information content (AvgIpc) is 3.30. The minimum atomic E-state index is -0.161. The summed E-state index contributed by atoms with van der Waals surface area (Å²) in [5.41, 5.74) is 2.87. The Morgan fingerprint density at radius 3 is 3.04 bits per heavy atom. The fourth-order valence-electron chi connectivity index (χ4n) is 3.66. The predicted octanol–water partition coefficient (Wildman–Crippen LogP) is 2.16. The topological polar surface area (TPSA) is 83.9 Å². The molecule has 0 saturated carbocycles. The molecule has 3 aromatic heterocycles. The molecule has 4 rings (SSSR count). The van der Waals surface area contributed by atoms with Crippen LogP contribution in [0.15, 0.2) is 22.6 Å². The van der Waals surface area contributed by atoms with Crippen LogP contribution >= 0.6 is 11.3 Å². The summed E-state index contributed by atoms with van der Waals surface area (Å²) < 4.78 is 1.40. The molecule has 0 aliphatic carbocycles. The first kappa shape index (κ1) is 16.0. The van der Waals surface area contributed by atoms with Gasteiger partial charge in [0.15, 0.2) is 0 Å². The lowest BCUT2D eigenvalue weighted by Crippen LogP contribution is -2.36. The second-order valence-corrected chi connectivity index (χ2v) is 7.30. The van der Waals surface area contributed by atoms with Crippen molar-refractivity contribution < 1.29 is 4.79 Å². The van der Waals surface area contributed by atoms with E-state index in [0.717, 1.165) is 29.8 Å². The number of aryl methyl sites for hydroxylation is 2. The number of H-pyrrole nitrogens is 1. The lowest BCUT2D eigenvalue weighted by molar-refractivity contribution is -0.132. The molecule has 0 spiro atoms. The summed E-state index contributed by atoms with van der Waals surface area (Å²) >= 11 is 1.43. The number of likely N-dealkylation sites (tertiary alicyclic amines) is 1. The number of aromatic amines is 1. The summed E-state index contributed by atoms with van der Waals surface area (Å²) in [7, 11) is 0. The van der Waals surface area contributed by atoms with Gasteiger partial charge in [0.25, 0.3) is 5.56 Å². The van der Waals surface area contributed by atoms with E-state index in [9.17, 15) is 9.59 Å². The number of carbonyl (C=O) groups is 1. The maximum atomic E-state index is 12.9. The standard InChI is InChI=1S/C17H19N5O2S/c1-10-15(11(2)20-19-10)13-4-3-6-22(13)14(23)8-21-9-18-16-12(17(21)24)5-7-25-16/h5,7,9,13H,3-4,6,8H2,1-2H3,(H,19,20). The second kappa shape index (κ2) is 6.11. The number of nitrogens with one attached hydrogen (secondary N) is 1. The highest BCUT2D eigenvalue weighted by molar-refractivity contribution is 7.16. The molecule has 0 radical (unpaired) electrons. The van der Waals surface area contributed by atoms with Crippen molar-refractivity contribution >= 4 is 27.5 Å². The molecule has 0 bridgehead atoms. The fourth-order valence-corrected chi connectivity index (χ4v) is 4.38. The van der Waals surface area contributed by atoms with E-state index in [1.165, 1.54) is 22.2 Å². The molecule has 1 aliphatic heterocycles. The minimum absolute atomic E-state index is 0.0179. The van der Waals surface area contributed by atoms with E-state index in [1.54, 1.807) is 6.07 Å². The maximum absolute atomic E-state index is 12.9. The minimum Gasteiger partial charge on any atom is -0.334 e. The molecule has 8 heteroatoms. The van der Waals surface area contributed by atoms with E-state index >= 15 is 0 Å². The SMILES string of the molecule is Cc1n[nH]c(C)c1C1CCCN1C(=O)Cn1cnc2sccc2c1=O. The van der Waals surface area contributed by atoms with Gasteiger partial charge in [0.05, 0.1) is 23.4 Å². The van der Waals surface area contributed by atoms with Crippen LogP contribution in [0.4, 0.5) is 0 Å². The molecule has 7 nitrogen and oxygen atoms in total. The largest absolute Gasteiger partial charge is 0.334 e. The maximum Gasteiger partial charge on any atom is 0.262 e. The third-order valence-corrected chi connectivity index (χ3v) is 5.67. The van der Waals surface area contributed by atoms with Gasteiger partial charge < -0.3 is 4.90 Å². The van der Waals surface area contributed by atoms with Crippen molar-refractivity contribution in [2.45, 2.75) is 39.3 Å². The van der Waals surface area contributed by atoms with E-state index < -0.39 is 0 Å². The van der Waals surface area contributed by atoms with Crippen LogP contribution in [0.25, 0.3) is 10.2 Å². The molecule has 1 amide bonds. The van der Waals surface area contributed by atoms with E-state index in [1.807, 2.05) is 24.1 Å². The summed E-state index contributed by atoms with van der Waals surface area (Å²) in [5, 5.41) is 9.66. The van der Waals surface area contributed by atoms with Gasteiger partial charge in [0.2, 0.25) is 5.91 Å². The van der Waals surface area contributed by atoms with Crippen molar-refractivity contribution in [1.82, 2.24) is 24.6 Å². The molecule has 4 heterocycles.